The summed E-state index contributed by atoms with van der Waals surface area (Å²) < 4.78 is 30.7. The SMILES string of the molecule is COCCCNc1nccc(-c2[nH]c(CC3OCC(CNC(=O)Cc4ccccc4)CO3)nc2-c2ccc(F)cc2)n1. The molecule has 1 aliphatic heterocycles. The minimum absolute atomic E-state index is 0.0298. The van der Waals surface area contributed by atoms with E-state index in [-0.39, 0.29) is 17.6 Å². The van der Waals surface area contributed by atoms with Crippen molar-refractivity contribution in [3.05, 3.63) is 84.1 Å². The summed E-state index contributed by atoms with van der Waals surface area (Å²) in [5, 5.41) is 6.18. The number of ether oxygens (including phenoxy) is 3. The highest BCUT2D eigenvalue weighted by atomic mass is 19.1. The van der Waals surface area contributed by atoms with Gasteiger partial charge in [-0.25, -0.2) is 19.3 Å². The summed E-state index contributed by atoms with van der Waals surface area (Å²) in [7, 11) is 1.67. The molecule has 3 heterocycles. The zero-order chi connectivity index (χ0) is 29.1. The second-order valence-corrected chi connectivity index (χ2v) is 10.1. The number of nitrogens with one attached hydrogen (secondary N) is 3. The van der Waals surface area contributed by atoms with Crippen LogP contribution < -0.4 is 10.6 Å². The predicted octanol–water partition coefficient (Wildman–Crippen LogP) is 4.01. The highest BCUT2D eigenvalue weighted by molar-refractivity contribution is 5.78. The lowest BCUT2D eigenvalue weighted by Gasteiger charge is -2.29. The number of aromatic nitrogens is 4. The molecule has 10 nitrogen and oxygen atoms in total. The molecule has 2 aromatic carbocycles. The number of methoxy groups -OCH3 is 1. The van der Waals surface area contributed by atoms with E-state index in [0.29, 0.717) is 74.6 Å². The van der Waals surface area contributed by atoms with Crippen LogP contribution in [-0.4, -0.2) is 72.2 Å². The van der Waals surface area contributed by atoms with E-state index in [2.05, 4.69) is 25.6 Å². The molecule has 0 radical (unpaired) electrons. The molecule has 11 heteroatoms. The van der Waals surface area contributed by atoms with Gasteiger partial charge in [0.25, 0.3) is 0 Å². The maximum Gasteiger partial charge on any atom is 0.224 e. The van der Waals surface area contributed by atoms with Gasteiger partial charge in [-0.1, -0.05) is 30.3 Å². The highest BCUT2D eigenvalue weighted by Crippen LogP contribution is 2.30. The van der Waals surface area contributed by atoms with Gasteiger partial charge in [0.05, 0.1) is 43.1 Å². The Labute approximate surface area is 244 Å². The molecule has 1 aliphatic rings. The van der Waals surface area contributed by atoms with E-state index in [1.807, 2.05) is 30.3 Å². The molecule has 0 bridgehead atoms. The molecule has 5 rings (SSSR count). The van der Waals surface area contributed by atoms with Crippen molar-refractivity contribution in [2.45, 2.75) is 25.6 Å². The summed E-state index contributed by atoms with van der Waals surface area (Å²) in [6, 6.07) is 17.6. The summed E-state index contributed by atoms with van der Waals surface area (Å²) in [6.45, 7) is 2.70. The average Bonchev–Trinajstić information content (AvgIpc) is 3.44. The number of hydrogen-bond acceptors (Lipinski definition) is 8. The van der Waals surface area contributed by atoms with Crippen LogP contribution in [-0.2, 0) is 31.8 Å². The molecule has 1 saturated heterocycles. The molecule has 0 unspecified atom stereocenters. The Kier molecular flexibility index (Phi) is 10.2. The first-order valence-corrected chi connectivity index (χ1v) is 14.0. The molecule has 1 fully saturated rings. The van der Waals surface area contributed by atoms with Crippen molar-refractivity contribution in [2.75, 3.05) is 45.3 Å². The van der Waals surface area contributed by atoms with Crippen molar-refractivity contribution in [3.8, 4) is 22.6 Å². The summed E-state index contributed by atoms with van der Waals surface area (Å²) >= 11 is 0. The van der Waals surface area contributed by atoms with Crippen LogP contribution >= 0.6 is 0 Å². The first-order chi connectivity index (χ1) is 20.6. The number of halogens is 1. The third-order valence-electron chi connectivity index (χ3n) is 6.78. The topological polar surface area (TPSA) is 123 Å². The Balaban J connectivity index is 1.21. The van der Waals surface area contributed by atoms with E-state index in [0.717, 1.165) is 17.5 Å². The number of amides is 1. The molecular formula is C31H35FN6O4. The highest BCUT2D eigenvalue weighted by Gasteiger charge is 2.25. The molecule has 0 spiro atoms. The quantitative estimate of drug-likeness (QED) is 0.205. The van der Waals surface area contributed by atoms with Crippen molar-refractivity contribution in [2.24, 2.45) is 5.92 Å². The van der Waals surface area contributed by atoms with Gasteiger partial charge in [-0.15, -0.1) is 0 Å². The molecule has 220 valence electrons. The monoisotopic (exact) mass is 574 g/mol. The molecular weight excluding hydrogens is 539 g/mol. The van der Waals surface area contributed by atoms with Gasteiger partial charge in [-0.3, -0.25) is 4.79 Å². The van der Waals surface area contributed by atoms with Gasteiger partial charge < -0.3 is 29.8 Å². The molecule has 3 N–H and O–H groups in total. The Morgan fingerprint density at radius 3 is 2.62 bits per heavy atom. The number of carbonyl (C=O) groups excluding carboxylic acids is 1. The largest absolute Gasteiger partial charge is 0.385 e. The van der Waals surface area contributed by atoms with Gasteiger partial charge in [0.1, 0.15) is 11.6 Å². The molecule has 2 aromatic heterocycles. The summed E-state index contributed by atoms with van der Waals surface area (Å²) in [5.41, 5.74) is 3.70. The van der Waals surface area contributed by atoms with Crippen LogP contribution in [0.4, 0.5) is 10.3 Å². The summed E-state index contributed by atoms with van der Waals surface area (Å²) in [4.78, 5) is 29.5. The minimum Gasteiger partial charge on any atom is -0.385 e. The number of aromatic amines is 1. The number of imidazole rings is 1. The molecule has 0 saturated carbocycles. The lowest BCUT2D eigenvalue weighted by Crippen LogP contribution is -2.40. The van der Waals surface area contributed by atoms with Crippen LogP contribution in [0.1, 0.15) is 17.8 Å². The van der Waals surface area contributed by atoms with Crippen LogP contribution in [0, 0.1) is 11.7 Å². The van der Waals surface area contributed by atoms with Gasteiger partial charge in [0, 0.05) is 44.5 Å². The first kappa shape index (κ1) is 29.3. The van der Waals surface area contributed by atoms with Crippen LogP contribution in [0.2, 0.25) is 0 Å². The van der Waals surface area contributed by atoms with Gasteiger partial charge in [0.15, 0.2) is 6.29 Å². The number of H-pyrrole nitrogens is 1. The van der Waals surface area contributed by atoms with Crippen LogP contribution in [0.15, 0.2) is 66.9 Å². The van der Waals surface area contributed by atoms with E-state index >= 15 is 0 Å². The third-order valence-corrected chi connectivity index (χ3v) is 6.78. The Morgan fingerprint density at radius 1 is 1.07 bits per heavy atom. The van der Waals surface area contributed by atoms with Gasteiger partial charge in [-0.05, 0) is 42.3 Å². The molecule has 0 atom stereocenters. The fourth-order valence-electron chi connectivity index (χ4n) is 4.60. The van der Waals surface area contributed by atoms with Crippen LogP contribution in [0.25, 0.3) is 22.6 Å². The van der Waals surface area contributed by atoms with E-state index in [4.69, 9.17) is 19.2 Å². The summed E-state index contributed by atoms with van der Waals surface area (Å²) in [6.07, 6.45) is 2.73. The Morgan fingerprint density at radius 2 is 1.86 bits per heavy atom. The van der Waals surface area contributed by atoms with Crippen LogP contribution in [0.5, 0.6) is 0 Å². The fraction of sp³-hybridized carbons (Fsp3) is 0.355. The van der Waals surface area contributed by atoms with Crippen molar-refractivity contribution >= 4 is 11.9 Å². The summed E-state index contributed by atoms with van der Waals surface area (Å²) in [5.74, 6) is 0.842. The Bertz CT molecular complexity index is 1430. The van der Waals surface area contributed by atoms with E-state index < -0.39 is 6.29 Å². The third kappa shape index (κ3) is 8.19. The van der Waals surface area contributed by atoms with Crippen molar-refractivity contribution in [3.63, 3.8) is 0 Å². The van der Waals surface area contributed by atoms with Crippen molar-refractivity contribution < 1.29 is 23.4 Å². The number of hydrogen-bond donors (Lipinski definition) is 3. The van der Waals surface area contributed by atoms with Crippen molar-refractivity contribution in [1.82, 2.24) is 25.3 Å². The standard InChI is InChI=1S/C31H35FN6O4/c1-40-15-5-13-33-31-34-14-12-25(36-31)30-29(23-8-10-24(32)11-9-23)37-26(38-30)17-28-41-19-22(20-42-28)18-35-27(39)16-21-6-3-2-4-7-21/h2-4,6-12,14,22,28H,5,13,15-20H2,1H3,(H,35,39)(H,37,38)(H,33,34,36). The normalized spacial score (nSPS) is 16.7. The lowest BCUT2D eigenvalue weighted by atomic mass is 10.1. The minimum atomic E-state index is -0.496. The average molecular weight is 575 g/mol. The molecule has 1 amide bonds. The first-order valence-electron chi connectivity index (χ1n) is 14.0. The number of rotatable bonds is 13. The molecule has 0 aliphatic carbocycles. The molecule has 42 heavy (non-hydrogen) atoms. The molecule has 4 aromatic rings. The smallest absolute Gasteiger partial charge is 0.224 e. The Hall–Kier alpha value is -4.19. The number of anilines is 1. The van der Waals surface area contributed by atoms with Gasteiger partial charge >= 0.3 is 0 Å². The zero-order valence-corrected chi connectivity index (χ0v) is 23.5. The predicted molar refractivity (Wildman–Crippen MR) is 156 cm³/mol. The zero-order valence-electron chi connectivity index (χ0n) is 23.5. The number of benzene rings is 2. The van der Waals surface area contributed by atoms with Gasteiger partial charge in [-0.2, -0.15) is 0 Å². The van der Waals surface area contributed by atoms with Crippen molar-refractivity contribution in [1.29, 1.82) is 0 Å². The maximum atomic E-state index is 13.7. The van der Waals surface area contributed by atoms with Crippen LogP contribution in [0.3, 0.4) is 0 Å². The van der Waals surface area contributed by atoms with E-state index in [1.165, 1.54) is 12.1 Å². The van der Waals surface area contributed by atoms with E-state index in [9.17, 15) is 9.18 Å². The second-order valence-electron chi connectivity index (χ2n) is 10.1. The van der Waals surface area contributed by atoms with E-state index in [1.54, 1.807) is 31.5 Å². The van der Waals surface area contributed by atoms with Gasteiger partial charge in [0.2, 0.25) is 11.9 Å². The number of carbonyl (C=O) groups is 1. The fourth-order valence-corrected chi connectivity index (χ4v) is 4.60. The maximum absolute atomic E-state index is 13.7. The second kappa shape index (κ2) is 14.6. The number of nitrogens with zero attached hydrogens (tertiary/aromatic N) is 3. The lowest BCUT2D eigenvalue weighted by molar-refractivity contribution is -0.198.